The van der Waals surface area contributed by atoms with Crippen molar-refractivity contribution in [3.63, 3.8) is 0 Å². The van der Waals surface area contributed by atoms with Gasteiger partial charge in [0.25, 0.3) is 0 Å². The number of rotatable bonds is 5. The van der Waals surface area contributed by atoms with E-state index in [1.54, 1.807) is 0 Å². The predicted molar refractivity (Wildman–Crippen MR) is 75.9 cm³/mol. The van der Waals surface area contributed by atoms with E-state index in [0.29, 0.717) is 0 Å². The van der Waals surface area contributed by atoms with E-state index in [2.05, 4.69) is 17.5 Å². The van der Waals surface area contributed by atoms with Gasteiger partial charge in [-0.15, -0.1) is 0 Å². The molecule has 3 heteroatoms. The summed E-state index contributed by atoms with van der Waals surface area (Å²) in [5, 5.41) is 0. The van der Waals surface area contributed by atoms with Gasteiger partial charge in [-0.05, 0) is 44.2 Å². The first kappa shape index (κ1) is 13.7. The summed E-state index contributed by atoms with van der Waals surface area (Å²) in [5.41, 5.74) is 0.737. The Morgan fingerprint density at radius 1 is 0.941 bits per heavy atom. The first-order valence-corrected chi connectivity index (χ1v) is 7.89. The molecule has 0 aromatic heterocycles. The molecule has 2 rings (SSSR count). The Kier molecular flexibility index (Phi) is 5.64. The van der Waals surface area contributed by atoms with Gasteiger partial charge in [0.15, 0.2) is 0 Å². The van der Waals surface area contributed by atoms with Crippen LogP contribution in [0.3, 0.4) is 0 Å². The standard InChI is InChI=1S/C14H27NOS/c17-13-12-16-11-10-15-8-6-14(7-9-15)4-2-1-3-5-14/h17H,1-13H2. The lowest BCUT2D eigenvalue weighted by molar-refractivity contribution is 0.0465. The molecule has 2 nitrogen and oxygen atoms in total. The largest absolute Gasteiger partial charge is 0.379 e. The van der Waals surface area contributed by atoms with Crippen molar-refractivity contribution in [3.8, 4) is 0 Å². The van der Waals surface area contributed by atoms with E-state index in [9.17, 15) is 0 Å². The fourth-order valence-electron chi connectivity index (χ4n) is 3.41. The molecule has 1 saturated heterocycles. The Morgan fingerprint density at radius 2 is 1.65 bits per heavy atom. The van der Waals surface area contributed by atoms with Gasteiger partial charge in [0.2, 0.25) is 0 Å². The minimum atomic E-state index is 0.737. The van der Waals surface area contributed by atoms with Crippen LogP contribution in [-0.4, -0.2) is 43.5 Å². The van der Waals surface area contributed by atoms with Crippen molar-refractivity contribution in [1.82, 2.24) is 4.90 Å². The van der Waals surface area contributed by atoms with Crippen LogP contribution in [0.2, 0.25) is 0 Å². The Bertz CT molecular complexity index is 206. The lowest BCUT2D eigenvalue weighted by Crippen LogP contribution is -2.42. The zero-order chi connectivity index (χ0) is 12.0. The molecular formula is C14H27NOS. The summed E-state index contributed by atoms with van der Waals surface area (Å²) in [6.45, 7) is 5.38. The van der Waals surface area contributed by atoms with E-state index >= 15 is 0 Å². The van der Waals surface area contributed by atoms with Crippen LogP contribution in [0.25, 0.3) is 0 Å². The highest BCUT2D eigenvalue weighted by atomic mass is 32.1. The Balaban J connectivity index is 1.63. The SMILES string of the molecule is SCCOCCN1CCC2(CCCCC2)CC1. The molecule has 17 heavy (non-hydrogen) atoms. The molecule has 100 valence electrons. The number of piperidine rings is 1. The zero-order valence-electron chi connectivity index (χ0n) is 11.0. The van der Waals surface area contributed by atoms with Crippen LogP contribution >= 0.6 is 12.6 Å². The third-order valence-electron chi connectivity index (χ3n) is 4.62. The molecule has 2 fully saturated rings. The smallest absolute Gasteiger partial charge is 0.0593 e. The van der Waals surface area contributed by atoms with Gasteiger partial charge in [-0.3, -0.25) is 0 Å². The molecule has 0 amide bonds. The molecule has 1 aliphatic carbocycles. The highest BCUT2D eigenvalue weighted by molar-refractivity contribution is 7.80. The normalized spacial score (nSPS) is 25.2. The number of ether oxygens (including phenoxy) is 1. The first-order chi connectivity index (χ1) is 8.35. The summed E-state index contributed by atoms with van der Waals surface area (Å²) in [5.74, 6) is 0.836. The third kappa shape index (κ3) is 4.15. The maximum Gasteiger partial charge on any atom is 0.0593 e. The molecule has 1 saturated carbocycles. The van der Waals surface area contributed by atoms with Crippen LogP contribution in [0.4, 0.5) is 0 Å². The highest BCUT2D eigenvalue weighted by Gasteiger charge is 2.35. The van der Waals surface area contributed by atoms with Gasteiger partial charge in [-0.1, -0.05) is 19.3 Å². The van der Waals surface area contributed by atoms with Crippen molar-refractivity contribution in [2.75, 3.05) is 38.6 Å². The molecule has 1 aliphatic heterocycles. The van der Waals surface area contributed by atoms with Crippen LogP contribution in [0.1, 0.15) is 44.9 Å². The van der Waals surface area contributed by atoms with Crippen molar-refractivity contribution in [2.45, 2.75) is 44.9 Å². The van der Waals surface area contributed by atoms with Crippen molar-refractivity contribution in [1.29, 1.82) is 0 Å². The quantitative estimate of drug-likeness (QED) is 0.600. The second-order valence-electron chi connectivity index (χ2n) is 5.74. The Morgan fingerprint density at radius 3 is 2.29 bits per heavy atom. The van der Waals surface area contributed by atoms with Gasteiger partial charge in [-0.25, -0.2) is 0 Å². The van der Waals surface area contributed by atoms with Gasteiger partial charge in [0, 0.05) is 12.3 Å². The van der Waals surface area contributed by atoms with Gasteiger partial charge >= 0.3 is 0 Å². The van der Waals surface area contributed by atoms with Gasteiger partial charge < -0.3 is 9.64 Å². The summed E-state index contributed by atoms with van der Waals surface area (Å²) in [7, 11) is 0. The summed E-state index contributed by atoms with van der Waals surface area (Å²) < 4.78 is 5.50. The summed E-state index contributed by atoms with van der Waals surface area (Å²) >= 11 is 4.15. The molecule has 0 radical (unpaired) electrons. The summed E-state index contributed by atoms with van der Waals surface area (Å²) in [6.07, 6.45) is 10.3. The third-order valence-corrected chi connectivity index (χ3v) is 4.80. The fourth-order valence-corrected chi connectivity index (χ4v) is 3.54. The molecule has 1 heterocycles. The zero-order valence-corrected chi connectivity index (χ0v) is 11.9. The predicted octanol–water partition coefficient (Wildman–Crippen LogP) is 2.98. The maximum atomic E-state index is 5.50. The van der Waals surface area contributed by atoms with Crippen LogP contribution in [-0.2, 0) is 4.74 Å². The van der Waals surface area contributed by atoms with E-state index in [0.717, 1.165) is 30.9 Å². The molecule has 0 unspecified atom stereocenters. The van der Waals surface area contributed by atoms with E-state index in [-0.39, 0.29) is 0 Å². The first-order valence-electron chi connectivity index (χ1n) is 7.26. The molecule has 1 spiro atoms. The van der Waals surface area contributed by atoms with Crippen molar-refractivity contribution >= 4 is 12.6 Å². The van der Waals surface area contributed by atoms with Gasteiger partial charge in [0.1, 0.15) is 0 Å². The lowest BCUT2D eigenvalue weighted by atomic mass is 9.68. The number of likely N-dealkylation sites (tertiary alicyclic amines) is 1. The number of thiol groups is 1. The number of hydrogen-bond donors (Lipinski definition) is 1. The van der Waals surface area contributed by atoms with Crippen LogP contribution < -0.4 is 0 Å². The molecule has 0 bridgehead atoms. The lowest BCUT2D eigenvalue weighted by Gasteiger charge is -2.44. The molecular weight excluding hydrogens is 230 g/mol. The maximum absolute atomic E-state index is 5.50. The molecule has 2 aliphatic rings. The summed E-state index contributed by atoms with van der Waals surface area (Å²) in [4.78, 5) is 2.58. The Labute approximate surface area is 112 Å². The fraction of sp³-hybridized carbons (Fsp3) is 1.00. The minimum Gasteiger partial charge on any atom is -0.379 e. The monoisotopic (exact) mass is 257 g/mol. The number of hydrogen-bond acceptors (Lipinski definition) is 3. The van der Waals surface area contributed by atoms with Crippen molar-refractivity contribution < 1.29 is 4.74 Å². The average molecular weight is 257 g/mol. The molecule has 0 aromatic rings. The van der Waals surface area contributed by atoms with Gasteiger partial charge in [0.05, 0.1) is 13.2 Å². The summed E-state index contributed by atoms with van der Waals surface area (Å²) in [6, 6.07) is 0. The molecule has 0 N–H and O–H groups in total. The number of nitrogens with zero attached hydrogens (tertiary/aromatic N) is 1. The topological polar surface area (TPSA) is 12.5 Å². The van der Waals surface area contributed by atoms with E-state index in [1.807, 2.05) is 0 Å². The van der Waals surface area contributed by atoms with E-state index in [1.165, 1.54) is 58.0 Å². The second-order valence-corrected chi connectivity index (χ2v) is 6.19. The van der Waals surface area contributed by atoms with Crippen molar-refractivity contribution in [3.05, 3.63) is 0 Å². The van der Waals surface area contributed by atoms with Crippen LogP contribution in [0.5, 0.6) is 0 Å². The second kappa shape index (κ2) is 7.01. The van der Waals surface area contributed by atoms with Crippen LogP contribution in [0.15, 0.2) is 0 Å². The van der Waals surface area contributed by atoms with E-state index in [4.69, 9.17) is 4.74 Å². The molecule has 0 aromatic carbocycles. The van der Waals surface area contributed by atoms with E-state index < -0.39 is 0 Å². The van der Waals surface area contributed by atoms with Crippen molar-refractivity contribution in [2.24, 2.45) is 5.41 Å². The highest BCUT2D eigenvalue weighted by Crippen LogP contribution is 2.44. The van der Waals surface area contributed by atoms with Gasteiger partial charge in [-0.2, -0.15) is 12.6 Å². The minimum absolute atomic E-state index is 0.737. The Hall–Kier alpha value is 0.270. The van der Waals surface area contributed by atoms with Crippen LogP contribution in [0, 0.1) is 5.41 Å². The molecule has 0 atom stereocenters. The average Bonchev–Trinajstić information content (AvgIpc) is 2.38.